The lowest BCUT2D eigenvalue weighted by Gasteiger charge is -2.41. The van der Waals surface area contributed by atoms with Crippen LogP contribution in [-0.4, -0.2) is 11.8 Å². The quantitative estimate of drug-likeness (QED) is 0.643. The monoisotopic (exact) mass is 210 g/mol. The molecule has 0 atom stereocenters. The van der Waals surface area contributed by atoms with E-state index in [-0.39, 0.29) is 11.8 Å². The van der Waals surface area contributed by atoms with Crippen molar-refractivity contribution in [3.05, 3.63) is 0 Å². The van der Waals surface area contributed by atoms with E-state index in [0.29, 0.717) is 5.41 Å². The minimum atomic E-state index is -0.384. The third kappa shape index (κ3) is 1.51. The molecule has 2 saturated carbocycles. The SMILES string of the molecule is O=C1NOC2(CCC3(CCCC3)CC2)N1. The Balaban J connectivity index is 1.67. The van der Waals surface area contributed by atoms with Crippen LogP contribution in [0, 0.1) is 5.41 Å². The second kappa shape index (κ2) is 3.11. The molecule has 2 amide bonds. The summed E-state index contributed by atoms with van der Waals surface area (Å²) < 4.78 is 0. The molecule has 15 heavy (non-hydrogen) atoms. The molecule has 2 N–H and O–H groups in total. The zero-order valence-corrected chi connectivity index (χ0v) is 8.97. The summed E-state index contributed by atoms with van der Waals surface area (Å²) in [6.45, 7) is 0. The smallest absolute Gasteiger partial charge is 0.306 e. The zero-order valence-electron chi connectivity index (χ0n) is 8.97. The Morgan fingerprint density at radius 2 is 1.67 bits per heavy atom. The van der Waals surface area contributed by atoms with E-state index in [1.165, 1.54) is 38.5 Å². The van der Waals surface area contributed by atoms with Gasteiger partial charge in [0, 0.05) is 0 Å². The van der Waals surface area contributed by atoms with Gasteiger partial charge in [-0.1, -0.05) is 12.8 Å². The average Bonchev–Trinajstić information content (AvgIpc) is 2.81. The molecule has 0 aromatic carbocycles. The third-order valence-electron chi connectivity index (χ3n) is 4.46. The van der Waals surface area contributed by atoms with E-state index in [0.717, 1.165) is 12.8 Å². The van der Waals surface area contributed by atoms with Gasteiger partial charge in [0.05, 0.1) is 0 Å². The van der Waals surface area contributed by atoms with Crippen LogP contribution in [0.5, 0.6) is 0 Å². The maximum absolute atomic E-state index is 11.1. The highest BCUT2D eigenvalue weighted by molar-refractivity contribution is 5.75. The molecule has 84 valence electrons. The van der Waals surface area contributed by atoms with E-state index < -0.39 is 0 Å². The van der Waals surface area contributed by atoms with Gasteiger partial charge in [-0.15, -0.1) is 0 Å². The van der Waals surface area contributed by atoms with Gasteiger partial charge in [-0.2, -0.15) is 0 Å². The highest BCUT2D eigenvalue weighted by atomic mass is 16.7. The van der Waals surface area contributed by atoms with Gasteiger partial charge in [0.15, 0.2) is 5.72 Å². The van der Waals surface area contributed by atoms with Crippen molar-refractivity contribution in [1.82, 2.24) is 10.8 Å². The van der Waals surface area contributed by atoms with Crippen LogP contribution in [0.1, 0.15) is 51.4 Å². The van der Waals surface area contributed by atoms with E-state index in [1.54, 1.807) is 0 Å². The number of carbonyl (C=O) groups excluding carboxylic acids is 1. The van der Waals surface area contributed by atoms with Gasteiger partial charge in [-0.3, -0.25) is 0 Å². The van der Waals surface area contributed by atoms with E-state index in [4.69, 9.17) is 4.84 Å². The number of urea groups is 1. The average molecular weight is 210 g/mol. The van der Waals surface area contributed by atoms with Gasteiger partial charge in [0.25, 0.3) is 0 Å². The molecule has 3 fully saturated rings. The molecule has 4 heteroatoms. The second-order valence-corrected chi connectivity index (χ2v) is 5.36. The van der Waals surface area contributed by atoms with Crippen molar-refractivity contribution in [3.63, 3.8) is 0 Å². The van der Waals surface area contributed by atoms with Crippen molar-refractivity contribution in [3.8, 4) is 0 Å². The van der Waals surface area contributed by atoms with Gasteiger partial charge in [-0.05, 0) is 43.9 Å². The van der Waals surface area contributed by atoms with E-state index in [9.17, 15) is 4.79 Å². The van der Waals surface area contributed by atoms with Crippen LogP contribution >= 0.6 is 0 Å². The fraction of sp³-hybridized carbons (Fsp3) is 0.909. The predicted octanol–water partition coefficient (Wildman–Crippen LogP) is 2.06. The zero-order chi connectivity index (χ0) is 10.4. The number of hydrogen-bond acceptors (Lipinski definition) is 2. The van der Waals surface area contributed by atoms with Crippen LogP contribution < -0.4 is 10.8 Å². The largest absolute Gasteiger partial charge is 0.341 e. The molecule has 3 aliphatic rings. The summed E-state index contributed by atoms with van der Waals surface area (Å²) in [5, 5.41) is 2.90. The maximum atomic E-state index is 11.1. The molecule has 3 rings (SSSR count). The first-order valence-electron chi connectivity index (χ1n) is 5.98. The molecule has 0 bridgehead atoms. The summed E-state index contributed by atoms with van der Waals surface area (Å²) in [6, 6.07) is -0.183. The van der Waals surface area contributed by atoms with Crippen LogP contribution in [0.4, 0.5) is 4.79 Å². The second-order valence-electron chi connectivity index (χ2n) is 5.36. The van der Waals surface area contributed by atoms with Gasteiger partial charge in [-0.25, -0.2) is 15.1 Å². The highest BCUT2D eigenvalue weighted by Crippen LogP contribution is 2.51. The number of carbonyl (C=O) groups is 1. The summed E-state index contributed by atoms with van der Waals surface area (Å²) in [6.07, 6.45) is 9.87. The molecular weight excluding hydrogens is 192 g/mol. The Morgan fingerprint density at radius 1 is 1.00 bits per heavy atom. The van der Waals surface area contributed by atoms with E-state index in [1.807, 2.05) is 0 Å². The highest BCUT2D eigenvalue weighted by Gasteiger charge is 2.48. The number of rotatable bonds is 0. The van der Waals surface area contributed by atoms with Gasteiger partial charge < -0.3 is 5.32 Å². The lowest BCUT2D eigenvalue weighted by atomic mass is 9.70. The molecule has 4 nitrogen and oxygen atoms in total. The molecule has 1 aliphatic heterocycles. The summed E-state index contributed by atoms with van der Waals surface area (Å²) in [7, 11) is 0. The molecule has 1 saturated heterocycles. The fourth-order valence-electron chi connectivity index (χ4n) is 3.44. The first-order chi connectivity index (χ1) is 7.22. The number of amides is 2. The maximum Gasteiger partial charge on any atom is 0.341 e. The van der Waals surface area contributed by atoms with Crippen LogP contribution in [0.25, 0.3) is 0 Å². The normalized spacial score (nSPS) is 31.9. The van der Waals surface area contributed by atoms with Crippen molar-refractivity contribution in [2.45, 2.75) is 57.1 Å². The van der Waals surface area contributed by atoms with E-state index in [2.05, 4.69) is 10.8 Å². The van der Waals surface area contributed by atoms with Gasteiger partial charge in [0.1, 0.15) is 0 Å². The van der Waals surface area contributed by atoms with Gasteiger partial charge in [0.2, 0.25) is 0 Å². The molecule has 1 heterocycles. The molecule has 2 spiro atoms. The van der Waals surface area contributed by atoms with Crippen molar-refractivity contribution < 1.29 is 9.63 Å². The number of nitrogens with one attached hydrogen (secondary N) is 2. The topological polar surface area (TPSA) is 50.4 Å². The van der Waals surface area contributed by atoms with Crippen LogP contribution in [-0.2, 0) is 4.84 Å². The summed E-state index contributed by atoms with van der Waals surface area (Å²) in [5.41, 5.74) is 2.61. The molecular formula is C11H18N2O2. The molecule has 0 unspecified atom stereocenters. The minimum absolute atomic E-state index is 0.183. The lowest BCUT2D eigenvalue weighted by molar-refractivity contribution is -0.102. The predicted molar refractivity (Wildman–Crippen MR) is 54.9 cm³/mol. The lowest BCUT2D eigenvalue weighted by Crippen LogP contribution is -2.47. The van der Waals surface area contributed by atoms with Gasteiger partial charge >= 0.3 is 6.03 Å². The van der Waals surface area contributed by atoms with E-state index >= 15 is 0 Å². The van der Waals surface area contributed by atoms with Crippen molar-refractivity contribution >= 4 is 6.03 Å². The van der Waals surface area contributed by atoms with Crippen molar-refractivity contribution in [2.24, 2.45) is 5.41 Å². The van der Waals surface area contributed by atoms with Crippen LogP contribution in [0.2, 0.25) is 0 Å². The Morgan fingerprint density at radius 3 is 2.20 bits per heavy atom. The Labute approximate surface area is 89.7 Å². The Kier molecular flexibility index (Phi) is 1.96. The standard InChI is InChI=1S/C11H18N2O2/c14-9-12-11(15-13-9)7-5-10(6-8-11)3-1-2-4-10/h1-8H2,(H2,12,13,14). The van der Waals surface area contributed by atoms with Crippen LogP contribution in [0.15, 0.2) is 0 Å². The summed E-state index contributed by atoms with van der Waals surface area (Å²) in [5.74, 6) is 0. The van der Waals surface area contributed by atoms with Crippen molar-refractivity contribution in [2.75, 3.05) is 0 Å². The molecule has 0 radical (unpaired) electrons. The minimum Gasteiger partial charge on any atom is -0.306 e. The summed E-state index contributed by atoms with van der Waals surface area (Å²) >= 11 is 0. The fourth-order valence-corrected chi connectivity index (χ4v) is 3.44. The first-order valence-corrected chi connectivity index (χ1v) is 5.98. The first kappa shape index (κ1) is 9.46. The summed E-state index contributed by atoms with van der Waals surface area (Å²) in [4.78, 5) is 16.5. The molecule has 0 aromatic rings. The van der Waals surface area contributed by atoms with Crippen LogP contribution in [0.3, 0.4) is 0 Å². The molecule has 0 aromatic heterocycles. The van der Waals surface area contributed by atoms with Crippen molar-refractivity contribution in [1.29, 1.82) is 0 Å². The third-order valence-corrected chi connectivity index (χ3v) is 4.46. The number of hydrogen-bond donors (Lipinski definition) is 2. The number of hydroxylamine groups is 1. The molecule has 2 aliphatic carbocycles. The Bertz CT molecular complexity index is 274. The Hall–Kier alpha value is -0.770.